The Bertz CT molecular complexity index is 545. The maximum Gasteiger partial charge on any atom is 0.275 e. The zero-order chi connectivity index (χ0) is 15.9. The highest BCUT2D eigenvalue weighted by molar-refractivity contribution is 9.10. The van der Waals surface area contributed by atoms with Gasteiger partial charge in [0.1, 0.15) is 13.1 Å². The molecule has 7 heteroatoms. The van der Waals surface area contributed by atoms with E-state index in [9.17, 15) is 9.59 Å². The van der Waals surface area contributed by atoms with E-state index in [1.165, 1.54) is 4.90 Å². The molecule has 2 rings (SSSR count). The van der Waals surface area contributed by atoms with E-state index in [2.05, 4.69) is 26.6 Å². The van der Waals surface area contributed by atoms with E-state index in [1.54, 1.807) is 0 Å². The first-order valence-corrected chi connectivity index (χ1v) is 8.08. The largest absolute Gasteiger partial charge is 0.370 e. The first-order chi connectivity index (χ1) is 10.5. The molecule has 1 fully saturated rings. The second kappa shape index (κ2) is 8.26. The number of rotatable bonds is 5. The van der Waals surface area contributed by atoms with Crippen LogP contribution in [0.3, 0.4) is 0 Å². The lowest BCUT2D eigenvalue weighted by Gasteiger charge is -2.23. The highest BCUT2D eigenvalue weighted by Crippen LogP contribution is 2.19. The molecule has 6 nitrogen and oxygen atoms in total. The molecule has 0 aliphatic carbocycles. The van der Waals surface area contributed by atoms with Gasteiger partial charge >= 0.3 is 0 Å². The molecule has 0 radical (unpaired) electrons. The van der Waals surface area contributed by atoms with Crippen molar-refractivity contribution in [3.05, 3.63) is 28.2 Å². The van der Waals surface area contributed by atoms with Gasteiger partial charge in [0.05, 0.1) is 19.8 Å². The Morgan fingerprint density at radius 3 is 2.68 bits per heavy atom. The highest BCUT2D eigenvalue weighted by Gasteiger charge is 2.17. The molecule has 0 saturated carbocycles. The first-order valence-electron chi connectivity index (χ1n) is 7.28. The molecule has 0 bridgehead atoms. The molecular weight excluding hydrogens is 350 g/mol. The molecule has 3 N–H and O–H groups in total. The van der Waals surface area contributed by atoms with Gasteiger partial charge in [-0.2, -0.15) is 0 Å². The average molecular weight is 371 g/mol. The molecule has 1 aliphatic rings. The van der Waals surface area contributed by atoms with Gasteiger partial charge in [-0.25, -0.2) is 0 Å². The van der Waals surface area contributed by atoms with Gasteiger partial charge in [-0.05, 0) is 30.7 Å². The van der Waals surface area contributed by atoms with Gasteiger partial charge in [-0.1, -0.05) is 15.9 Å². The molecule has 1 aromatic carbocycles. The van der Waals surface area contributed by atoms with Crippen molar-refractivity contribution >= 4 is 33.4 Å². The normalized spacial score (nSPS) is 15.4. The number of amides is 2. The maximum atomic E-state index is 11.9. The molecule has 0 spiro atoms. The lowest BCUT2D eigenvalue weighted by Crippen LogP contribution is -3.15. The van der Waals surface area contributed by atoms with Crippen LogP contribution in [0.1, 0.15) is 5.56 Å². The van der Waals surface area contributed by atoms with E-state index in [1.807, 2.05) is 25.1 Å². The Hall–Kier alpha value is -1.44. The summed E-state index contributed by atoms with van der Waals surface area (Å²) in [6, 6.07) is 5.62. The number of ether oxygens (including phenoxy) is 1. The maximum absolute atomic E-state index is 11.9. The van der Waals surface area contributed by atoms with Crippen molar-refractivity contribution in [1.82, 2.24) is 5.32 Å². The molecule has 22 heavy (non-hydrogen) atoms. The number of benzene rings is 1. The lowest BCUT2D eigenvalue weighted by atomic mass is 10.2. The number of aryl methyl sites for hydroxylation is 1. The fourth-order valence-electron chi connectivity index (χ4n) is 2.27. The third kappa shape index (κ3) is 5.40. The van der Waals surface area contributed by atoms with Crippen molar-refractivity contribution in [1.29, 1.82) is 0 Å². The summed E-state index contributed by atoms with van der Waals surface area (Å²) < 4.78 is 6.21. The van der Waals surface area contributed by atoms with Crippen LogP contribution in [0, 0.1) is 6.92 Å². The van der Waals surface area contributed by atoms with Crippen LogP contribution in [0.2, 0.25) is 0 Å². The third-order valence-corrected chi connectivity index (χ3v) is 4.01. The van der Waals surface area contributed by atoms with Crippen LogP contribution in [-0.4, -0.2) is 51.2 Å². The van der Waals surface area contributed by atoms with Crippen molar-refractivity contribution < 1.29 is 19.2 Å². The van der Waals surface area contributed by atoms with Crippen molar-refractivity contribution in [3.63, 3.8) is 0 Å². The van der Waals surface area contributed by atoms with Crippen LogP contribution in [0.25, 0.3) is 0 Å². The summed E-state index contributed by atoms with van der Waals surface area (Å²) >= 11 is 3.38. The van der Waals surface area contributed by atoms with E-state index in [4.69, 9.17) is 4.74 Å². The topological polar surface area (TPSA) is 71.9 Å². The molecule has 0 aromatic heterocycles. The molecule has 0 atom stereocenters. The number of halogens is 1. The summed E-state index contributed by atoms with van der Waals surface area (Å²) in [4.78, 5) is 24.9. The zero-order valence-corrected chi connectivity index (χ0v) is 14.2. The van der Waals surface area contributed by atoms with E-state index >= 15 is 0 Å². The Morgan fingerprint density at radius 2 is 2.00 bits per heavy atom. The number of hydrogen-bond acceptors (Lipinski definition) is 3. The summed E-state index contributed by atoms with van der Waals surface area (Å²) in [7, 11) is 0. The standard InChI is InChI=1S/C15H20BrN3O3/c1-11-8-12(16)2-3-13(11)18-14(20)9-17-15(21)10-19-4-6-22-7-5-19/h2-3,8H,4-7,9-10H2,1H3,(H,17,21)(H,18,20)/p+1. The minimum absolute atomic E-state index is 0.0158. The van der Waals surface area contributed by atoms with E-state index in [0.717, 1.165) is 28.8 Å². The van der Waals surface area contributed by atoms with E-state index in [0.29, 0.717) is 19.8 Å². The second-order valence-electron chi connectivity index (χ2n) is 5.32. The Kier molecular flexibility index (Phi) is 6.35. The number of carbonyl (C=O) groups is 2. The predicted octanol–water partition coefficient (Wildman–Crippen LogP) is -0.273. The van der Waals surface area contributed by atoms with Gasteiger partial charge in [0, 0.05) is 10.2 Å². The SMILES string of the molecule is Cc1cc(Br)ccc1NC(=O)CNC(=O)C[NH+]1CCOCC1. The van der Waals surface area contributed by atoms with Gasteiger partial charge in [-0.15, -0.1) is 0 Å². The van der Waals surface area contributed by atoms with Gasteiger partial charge in [0.25, 0.3) is 5.91 Å². The van der Waals surface area contributed by atoms with Crippen LogP contribution in [-0.2, 0) is 14.3 Å². The molecule has 2 amide bonds. The fourth-order valence-corrected chi connectivity index (χ4v) is 2.74. The third-order valence-electron chi connectivity index (χ3n) is 3.52. The molecule has 1 aliphatic heterocycles. The minimum Gasteiger partial charge on any atom is -0.370 e. The molecular formula is C15H21BrN3O3+. The summed E-state index contributed by atoms with van der Waals surface area (Å²) in [5, 5.41) is 5.45. The van der Waals surface area contributed by atoms with Gasteiger partial charge in [0.15, 0.2) is 6.54 Å². The monoisotopic (exact) mass is 370 g/mol. The minimum atomic E-state index is -0.226. The van der Waals surface area contributed by atoms with Crippen LogP contribution in [0.4, 0.5) is 5.69 Å². The van der Waals surface area contributed by atoms with Gasteiger partial charge in [0.2, 0.25) is 5.91 Å². The quantitative estimate of drug-likeness (QED) is 0.667. The summed E-state index contributed by atoms with van der Waals surface area (Å²) in [5.74, 6) is -0.338. The van der Waals surface area contributed by atoms with Crippen LogP contribution in [0.5, 0.6) is 0 Å². The molecule has 1 saturated heterocycles. The van der Waals surface area contributed by atoms with Crippen LogP contribution < -0.4 is 15.5 Å². The van der Waals surface area contributed by atoms with Crippen molar-refractivity contribution in [2.75, 3.05) is 44.7 Å². The zero-order valence-electron chi connectivity index (χ0n) is 12.6. The summed E-state index contributed by atoms with van der Waals surface area (Å²) in [6.07, 6.45) is 0. The number of nitrogens with one attached hydrogen (secondary N) is 3. The molecule has 0 unspecified atom stereocenters. The Labute approximate surface area is 138 Å². The molecule has 1 heterocycles. The van der Waals surface area contributed by atoms with E-state index in [-0.39, 0.29) is 18.4 Å². The number of quaternary nitrogens is 1. The average Bonchev–Trinajstić information content (AvgIpc) is 2.49. The van der Waals surface area contributed by atoms with Gasteiger partial charge < -0.3 is 20.3 Å². The number of morpholine rings is 1. The van der Waals surface area contributed by atoms with Gasteiger partial charge in [-0.3, -0.25) is 9.59 Å². The Balaban J connectivity index is 1.73. The predicted molar refractivity (Wildman–Crippen MR) is 86.9 cm³/mol. The smallest absolute Gasteiger partial charge is 0.275 e. The number of carbonyl (C=O) groups excluding carboxylic acids is 2. The molecule has 120 valence electrons. The van der Waals surface area contributed by atoms with Crippen molar-refractivity contribution in [2.24, 2.45) is 0 Å². The Morgan fingerprint density at radius 1 is 1.27 bits per heavy atom. The first kappa shape index (κ1) is 16.9. The second-order valence-corrected chi connectivity index (χ2v) is 6.24. The molecule has 1 aromatic rings. The lowest BCUT2D eigenvalue weighted by molar-refractivity contribution is -0.900. The van der Waals surface area contributed by atoms with E-state index < -0.39 is 0 Å². The van der Waals surface area contributed by atoms with Crippen LogP contribution >= 0.6 is 15.9 Å². The number of anilines is 1. The number of hydrogen-bond donors (Lipinski definition) is 3. The highest BCUT2D eigenvalue weighted by atomic mass is 79.9. The van der Waals surface area contributed by atoms with Crippen LogP contribution in [0.15, 0.2) is 22.7 Å². The summed E-state index contributed by atoms with van der Waals surface area (Å²) in [5.41, 5.74) is 1.72. The van der Waals surface area contributed by atoms with Crippen molar-refractivity contribution in [3.8, 4) is 0 Å². The van der Waals surface area contributed by atoms with Crippen molar-refractivity contribution in [2.45, 2.75) is 6.92 Å². The fraction of sp³-hybridized carbons (Fsp3) is 0.467. The summed E-state index contributed by atoms with van der Waals surface area (Å²) in [6.45, 7) is 5.32.